The molecule has 0 radical (unpaired) electrons. The van der Waals surface area contributed by atoms with Crippen molar-refractivity contribution in [1.29, 1.82) is 0 Å². The van der Waals surface area contributed by atoms with Crippen molar-refractivity contribution in [2.24, 2.45) is 4.99 Å². The highest BCUT2D eigenvalue weighted by Gasteiger charge is 2.27. The van der Waals surface area contributed by atoms with Gasteiger partial charge in [-0.2, -0.15) is 0 Å². The van der Waals surface area contributed by atoms with Gasteiger partial charge in [-0.3, -0.25) is 4.79 Å². The molecular weight excluding hydrogens is 476 g/mol. The van der Waals surface area contributed by atoms with Crippen molar-refractivity contribution >= 4 is 28.5 Å². The van der Waals surface area contributed by atoms with E-state index in [-0.39, 0.29) is 11.8 Å². The Morgan fingerprint density at radius 2 is 1.68 bits per heavy atom. The number of aliphatic imine (C=N–C) groups is 1. The van der Waals surface area contributed by atoms with Crippen LogP contribution in [0.25, 0.3) is 0 Å². The first-order valence-corrected chi connectivity index (χ1v) is 13.4. The van der Waals surface area contributed by atoms with Crippen molar-refractivity contribution in [3.05, 3.63) is 129 Å². The summed E-state index contributed by atoms with van der Waals surface area (Å²) in [5.74, 6) is 0.935. The van der Waals surface area contributed by atoms with E-state index in [1.54, 1.807) is 0 Å². The Labute approximate surface area is 222 Å². The normalized spacial score (nSPS) is 19.5. The van der Waals surface area contributed by atoms with Crippen LogP contribution in [0.15, 0.2) is 118 Å². The van der Waals surface area contributed by atoms with Gasteiger partial charge in [-0.15, -0.1) is 0 Å². The van der Waals surface area contributed by atoms with Gasteiger partial charge in [0.25, 0.3) is 5.91 Å². The first-order valence-electron chi connectivity index (χ1n) is 12.5. The Morgan fingerprint density at radius 1 is 0.946 bits per heavy atom. The SMILES string of the molecule is CCc1ccc(N=C2NC(=O)/C(=C/C3=C(C)[C@@H](c4ccc(OCc5ccccc5)cc4)C(C)=C3)S2)cc1. The fraction of sp³-hybridized carbons (Fsp3) is 0.188. The molecule has 5 rings (SSSR count). The second-order valence-corrected chi connectivity index (χ2v) is 10.3. The number of amidine groups is 1. The Balaban J connectivity index is 1.29. The molecule has 3 aromatic rings. The highest BCUT2D eigenvalue weighted by atomic mass is 32.2. The summed E-state index contributed by atoms with van der Waals surface area (Å²) < 4.78 is 5.95. The quantitative estimate of drug-likeness (QED) is 0.335. The van der Waals surface area contributed by atoms with Gasteiger partial charge in [-0.1, -0.05) is 78.7 Å². The van der Waals surface area contributed by atoms with Gasteiger partial charge < -0.3 is 10.1 Å². The van der Waals surface area contributed by atoms with E-state index in [0.717, 1.165) is 29.0 Å². The zero-order valence-electron chi connectivity index (χ0n) is 21.3. The van der Waals surface area contributed by atoms with Crippen LogP contribution in [0.5, 0.6) is 5.75 Å². The molecule has 5 heteroatoms. The summed E-state index contributed by atoms with van der Waals surface area (Å²) in [5.41, 5.74) is 8.04. The van der Waals surface area contributed by atoms with Gasteiger partial charge >= 0.3 is 0 Å². The number of carbonyl (C=O) groups is 1. The smallest absolute Gasteiger partial charge is 0.264 e. The molecule has 0 bridgehead atoms. The largest absolute Gasteiger partial charge is 0.489 e. The Morgan fingerprint density at radius 3 is 2.38 bits per heavy atom. The van der Waals surface area contributed by atoms with E-state index in [1.807, 2.05) is 48.5 Å². The lowest BCUT2D eigenvalue weighted by Crippen LogP contribution is -2.19. The predicted octanol–water partition coefficient (Wildman–Crippen LogP) is 7.62. The van der Waals surface area contributed by atoms with E-state index >= 15 is 0 Å². The molecule has 1 atom stereocenters. The first kappa shape index (κ1) is 24.8. The van der Waals surface area contributed by atoms with Crippen LogP contribution in [0.1, 0.15) is 43.4 Å². The summed E-state index contributed by atoms with van der Waals surface area (Å²) in [6, 6.07) is 26.6. The van der Waals surface area contributed by atoms with Crippen molar-refractivity contribution in [2.75, 3.05) is 0 Å². The van der Waals surface area contributed by atoms with Crippen LogP contribution >= 0.6 is 11.8 Å². The molecule has 2 aliphatic rings. The number of allylic oxidation sites excluding steroid dienone is 5. The van der Waals surface area contributed by atoms with Crippen molar-refractivity contribution < 1.29 is 9.53 Å². The lowest BCUT2D eigenvalue weighted by Gasteiger charge is -2.16. The number of nitrogens with zero attached hydrogens (tertiary/aromatic N) is 1. The molecule has 1 aliphatic carbocycles. The maximum Gasteiger partial charge on any atom is 0.264 e. The van der Waals surface area contributed by atoms with Crippen LogP contribution in [-0.4, -0.2) is 11.1 Å². The molecule has 0 saturated carbocycles. The number of ether oxygens (including phenoxy) is 1. The number of amides is 1. The third-order valence-corrected chi connectivity index (χ3v) is 7.61. The van der Waals surface area contributed by atoms with Gasteiger partial charge in [-0.25, -0.2) is 4.99 Å². The second kappa shape index (κ2) is 11.1. The molecule has 0 unspecified atom stereocenters. The summed E-state index contributed by atoms with van der Waals surface area (Å²) in [6.07, 6.45) is 5.15. The monoisotopic (exact) mass is 506 g/mol. The molecule has 37 heavy (non-hydrogen) atoms. The standard InChI is InChI=1S/C32H30N2O2S/c1-4-23-10-14-27(15-11-23)33-32-34-31(35)29(37-32)19-26-18-21(2)30(22(26)3)25-12-16-28(17-13-25)36-20-24-8-6-5-7-9-24/h5-19,30H,4,20H2,1-3H3,(H,33,34,35)/b29-19-/t30-/m0/s1. The lowest BCUT2D eigenvalue weighted by atomic mass is 9.89. The Kier molecular flexibility index (Phi) is 7.42. The zero-order chi connectivity index (χ0) is 25.8. The maximum atomic E-state index is 12.7. The Bertz CT molecular complexity index is 1420. The highest BCUT2D eigenvalue weighted by molar-refractivity contribution is 8.18. The molecule has 1 amide bonds. The molecule has 1 saturated heterocycles. The predicted molar refractivity (Wildman–Crippen MR) is 153 cm³/mol. The molecule has 4 nitrogen and oxygen atoms in total. The van der Waals surface area contributed by atoms with E-state index in [0.29, 0.717) is 16.7 Å². The maximum absolute atomic E-state index is 12.7. The molecule has 1 N–H and O–H groups in total. The number of aryl methyl sites for hydroxylation is 1. The number of rotatable bonds is 7. The van der Waals surface area contributed by atoms with E-state index in [1.165, 1.54) is 34.0 Å². The van der Waals surface area contributed by atoms with Crippen LogP contribution in [-0.2, 0) is 17.8 Å². The number of thioether (sulfide) groups is 1. The Hall–Kier alpha value is -3.83. The number of benzene rings is 3. The topological polar surface area (TPSA) is 50.7 Å². The van der Waals surface area contributed by atoms with Crippen molar-refractivity contribution in [3.8, 4) is 5.75 Å². The van der Waals surface area contributed by atoms with Gasteiger partial charge in [0.15, 0.2) is 5.17 Å². The second-order valence-electron chi connectivity index (χ2n) is 9.30. The summed E-state index contributed by atoms with van der Waals surface area (Å²) in [6.45, 7) is 6.97. The van der Waals surface area contributed by atoms with Crippen LogP contribution in [0.3, 0.4) is 0 Å². The van der Waals surface area contributed by atoms with E-state index in [2.05, 4.69) is 73.6 Å². The minimum atomic E-state index is -0.108. The first-order chi connectivity index (χ1) is 18.0. The van der Waals surface area contributed by atoms with Crippen molar-refractivity contribution in [3.63, 3.8) is 0 Å². The fourth-order valence-corrected chi connectivity index (χ4v) is 5.49. The summed E-state index contributed by atoms with van der Waals surface area (Å²) >= 11 is 1.39. The fourth-order valence-electron chi connectivity index (χ4n) is 4.66. The number of hydrogen-bond acceptors (Lipinski definition) is 4. The molecule has 0 spiro atoms. The van der Waals surface area contributed by atoms with Gasteiger partial charge in [0.2, 0.25) is 0 Å². The molecule has 1 fully saturated rings. The van der Waals surface area contributed by atoms with E-state index < -0.39 is 0 Å². The molecular formula is C32H30N2O2S. The lowest BCUT2D eigenvalue weighted by molar-refractivity contribution is -0.115. The van der Waals surface area contributed by atoms with Crippen molar-refractivity contribution in [2.45, 2.75) is 39.7 Å². The van der Waals surface area contributed by atoms with Crippen molar-refractivity contribution in [1.82, 2.24) is 5.32 Å². The molecule has 1 aliphatic heterocycles. The van der Waals surface area contributed by atoms with Gasteiger partial charge in [-0.05, 0) is 84.6 Å². The number of nitrogens with one attached hydrogen (secondary N) is 1. The molecule has 186 valence electrons. The average Bonchev–Trinajstić information content (AvgIpc) is 3.41. The van der Waals surface area contributed by atoms with Gasteiger partial charge in [0.1, 0.15) is 12.4 Å². The van der Waals surface area contributed by atoms with Crippen LogP contribution in [0, 0.1) is 0 Å². The van der Waals surface area contributed by atoms with Crippen LogP contribution in [0.4, 0.5) is 5.69 Å². The molecule has 1 heterocycles. The minimum Gasteiger partial charge on any atom is -0.489 e. The minimum absolute atomic E-state index is 0.108. The van der Waals surface area contributed by atoms with Crippen LogP contribution in [0.2, 0.25) is 0 Å². The summed E-state index contributed by atoms with van der Waals surface area (Å²) in [7, 11) is 0. The van der Waals surface area contributed by atoms with Gasteiger partial charge in [0, 0.05) is 5.92 Å². The highest BCUT2D eigenvalue weighted by Crippen LogP contribution is 2.41. The third kappa shape index (κ3) is 5.78. The molecule has 0 aromatic heterocycles. The van der Waals surface area contributed by atoms with Gasteiger partial charge in [0.05, 0.1) is 10.6 Å². The third-order valence-electron chi connectivity index (χ3n) is 6.70. The number of carbonyl (C=O) groups excluding carboxylic acids is 1. The average molecular weight is 507 g/mol. The van der Waals surface area contributed by atoms with Crippen LogP contribution < -0.4 is 10.1 Å². The number of hydrogen-bond donors (Lipinski definition) is 1. The zero-order valence-corrected chi connectivity index (χ0v) is 22.1. The summed E-state index contributed by atoms with van der Waals surface area (Å²) in [5, 5.41) is 3.51. The summed E-state index contributed by atoms with van der Waals surface area (Å²) in [4.78, 5) is 17.9. The van der Waals surface area contributed by atoms with E-state index in [9.17, 15) is 4.79 Å². The van der Waals surface area contributed by atoms with E-state index in [4.69, 9.17) is 4.74 Å². The molecule has 3 aromatic carbocycles.